The molecule has 1 amide bonds. The highest BCUT2D eigenvalue weighted by Crippen LogP contribution is 2.22. The van der Waals surface area contributed by atoms with Crippen LogP contribution in [0.5, 0.6) is 11.5 Å². The number of halogens is 1. The van der Waals surface area contributed by atoms with Gasteiger partial charge in [0, 0.05) is 30.1 Å². The van der Waals surface area contributed by atoms with Crippen molar-refractivity contribution in [1.29, 1.82) is 0 Å². The predicted octanol–water partition coefficient (Wildman–Crippen LogP) is 2.19. The Morgan fingerprint density at radius 2 is 1.82 bits per heavy atom. The van der Waals surface area contributed by atoms with Crippen molar-refractivity contribution in [2.45, 2.75) is 19.9 Å². The lowest BCUT2D eigenvalue weighted by Gasteiger charge is -2.26. The van der Waals surface area contributed by atoms with Gasteiger partial charge in [-0.15, -0.1) is 11.6 Å². The number of phenols is 2. The van der Waals surface area contributed by atoms with Crippen molar-refractivity contribution in [3.8, 4) is 11.5 Å². The molecule has 0 saturated carbocycles. The monoisotopic (exact) mass is 257 g/mol. The lowest BCUT2D eigenvalue weighted by Crippen LogP contribution is -2.38. The summed E-state index contributed by atoms with van der Waals surface area (Å²) in [4.78, 5) is 13.7. The summed E-state index contributed by atoms with van der Waals surface area (Å²) in [6.45, 7) is 4.19. The van der Waals surface area contributed by atoms with Gasteiger partial charge in [-0.1, -0.05) is 0 Å². The number of carbonyl (C=O) groups is 1. The molecule has 0 atom stereocenters. The summed E-state index contributed by atoms with van der Waals surface area (Å²) in [5, 5.41) is 18.7. The first kappa shape index (κ1) is 13.6. The van der Waals surface area contributed by atoms with E-state index in [1.807, 2.05) is 13.8 Å². The minimum atomic E-state index is -0.258. The van der Waals surface area contributed by atoms with Crippen LogP contribution in [-0.4, -0.2) is 39.5 Å². The first-order chi connectivity index (χ1) is 7.95. The molecule has 0 heterocycles. The highest BCUT2D eigenvalue weighted by molar-refractivity contribution is 6.18. The third kappa shape index (κ3) is 3.53. The van der Waals surface area contributed by atoms with E-state index in [0.29, 0.717) is 12.4 Å². The van der Waals surface area contributed by atoms with Crippen LogP contribution >= 0.6 is 11.6 Å². The maximum Gasteiger partial charge on any atom is 0.254 e. The summed E-state index contributed by atoms with van der Waals surface area (Å²) in [6, 6.07) is 3.83. The van der Waals surface area contributed by atoms with E-state index in [1.165, 1.54) is 18.2 Å². The van der Waals surface area contributed by atoms with E-state index < -0.39 is 0 Å². The number of aromatic hydroxyl groups is 2. The molecule has 0 aromatic heterocycles. The summed E-state index contributed by atoms with van der Waals surface area (Å²) < 4.78 is 0. The molecule has 0 spiro atoms. The Bertz CT molecular complexity index is 386. The van der Waals surface area contributed by atoms with Gasteiger partial charge in [-0.25, -0.2) is 0 Å². The molecule has 0 aliphatic carbocycles. The van der Waals surface area contributed by atoms with Gasteiger partial charge in [-0.3, -0.25) is 4.79 Å². The number of nitrogens with zero attached hydrogens (tertiary/aromatic N) is 1. The molecule has 5 heteroatoms. The fourth-order valence-electron chi connectivity index (χ4n) is 1.57. The smallest absolute Gasteiger partial charge is 0.254 e. The van der Waals surface area contributed by atoms with Crippen molar-refractivity contribution in [2.75, 3.05) is 12.4 Å². The van der Waals surface area contributed by atoms with E-state index in [9.17, 15) is 15.0 Å². The van der Waals surface area contributed by atoms with Gasteiger partial charge in [-0.2, -0.15) is 0 Å². The Hall–Kier alpha value is -1.42. The largest absolute Gasteiger partial charge is 0.508 e. The Balaban J connectivity index is 3.00. The van der Waals surface area contributed by atoms with E-state index in [0.717, 1.165) is 0 Å². The van der Waals surface area contributed by atoms with Crippen LogP contribution in [0.1, 0.15) is 24.2 Å². The van der Waals surface area contributed by atoms with Crippen LogP contribution in [-0.2, 0) is 0 Å². The predicted molar refractivity (Wildman–Crippen MR) is 66.7 cm³/mol. The van der Waals surface area contributed by atoms with Crippen molar-refractivity contribution in [3.63, 3.8) is 0 Å². The minimum Gasteiger partial charge on any atom is -0.508 e. The topological polar surface area (TPSA) is 60.8 Å². The number of hydrogen-bond acceptors (Lipinski definition) is 3. The molecule has 0 unspecified atom stereocenters. The summed E-state index contributed by atoms with van der Waals surface area (Å²) in [5.74, 6) is -0.188. The molecule has 0 saturated heterocycles. The van der Waals surface area contributed by atoms with Crippen LogP contribution in [0.15, 0.2) is 18.2 Å². The molecule has 17 heavy (non-hydrogen) atoms. The van der Waals surface area contributed by atoms with Crippen molar-refractivity contribution >= 4 is 17.5 Å². The molecule has 0 bridgehead atoms. The van der Waals surface area contributed by atoms with E-state index in [1.54, 1.807) is 4.90 Å². The van der Waals surface area contributed by atoms with Crippen LogP contribution in [0.3, 0.4) is 0 Å². The molecule has 2 N–H and O–H groups in total. The number of hydrogen-bond donors (Lipinski definition) is 2. The standard InChI is InChI=1S/C12H16ClNO3/c1-8(2)14(4-3-13)12(17)9-5-10(15)7-11(16)6-9/h5-8,15-16H,3-4H2,1-2H3. The normalized spacial score (nSPS) is 10.6. The third-order valence-corrected chi connectivity index (χ3v) is 2.53. The Morgan fingerprint density at radius 1 is 1.29 bits per heavy atom. The Morgan fingerprint density at radius 3 is 2.24 bits per heavy atom. The van der Waals surface area contributed by atoms with Crippen LogP contribution in [0.2, 0.25) is 0 Å². The molecule has 94 valence electrons. The minimum absolute atomic E-state index is 0.00532. The maximum atomic E-state index is 12.1. The van der Waals surface area contributed by atoms with E-state index in [-0.39, 0.29) is 29.0 Å². The molecule has 0 aliphatic rings. The van der Waals surface area contributed by atoms with Crippen molar-refractivity contribution in [1.82, 2.24) is 4.90 Å². The lowest BCUT2D eigenvalue weighted by molar-refractivity contribution is 0.0717. The molecule has 0 fully saturated rings. The molecule has 0 radical (unpaired) electrons. The Labute approximate surface area is 105 Å². The van der Waals surface area contributed by atoms with E-state index in [4.69, 9.17) is 11.6 Å². The molecule has 1 rings (SSSR count). The van der Waals surface area contributed by atoms with Crippen molar-refractivity contribution in [3.05, 3.63) is 23.8 Å². The molecule has 4 nitrogen and oxygen atoms in total. The highest BCUT2D eigenvalue weighted by Gasteiger charge is 2.19. The van der Waals surface area contributed by atoms with Crippen LogP contribution in [0, 0.1) is 0 Å². The number of carbonyl (C=O) groups excluding carboxylic acids is 1. The van der Waals surface area contributed by atoms with E-state index >= 15 is 0 Å². The second kappa shape index (κ2) is 5.77. The highest BCUT2D eigenvalue weighted by atomic mass is 35.5. The van der Waals surface area contributed by atoms with Gasteiger partial charge < -0.3 is 15.1 Å². The van der Waals surface area contributed by atoms with Crippen molar-refractivity contribution < 1.29 is 15.0 Å². The summed E-state index contributed by atoms with van der Waals surface area (Å²) in [7, 11) is 0. The molecular weight excluding hydrogens is 242 g/mol. The number of alkyl halides is 1. The molecule has 1 aromatic carbocycles. The quantitative estimate of drug-likeness (QED) is 0.813. The lowest BCUT2D eigenvalue weighted by atomic mass is 10.1. The Kier molecular flexibility index (Phi) is 4.63. The fourth-order valence-corrected chi connectivity index (χ4v) is 1.75. The first-order valence-corrected chi connectivity index (χ1v) is 5.89. The van der Waals surface area contributed by atoms with Gasteiger partial charge in [-0.05, 0) is 26.0 Å². The fraction of sp³-hybridized carbons (Fsp3) is 0.417. The van der Waals surface area contributed by atoms with Crippen LogP contribution in [0.4, 0.5) is 0 Å². The molecular formula is C12H16ClNO3. The second-order valence-electron chi connectivity index (χ2n) is 4.02. The number of benzene rings is 1. The zero-order valence-electron chi connectivity index (χ0n) is 9.85. The summed E-state index contributed by atoms with van der Waals surface area (Å²) in [6.07, 6.45) is 0. The van der Waals surface area contributed by atoms with Gasteiger partial charge in [0.25, 0.3) is 5.91 Å². The van der Waals surface area contributed by atoms with E-state index in [2.05, 4.69) is 0 Å². The second-order valence-corrected chi connectivity index (χ2v) is 4.40. The number of phenolic OH excluding ortho intramolecular Hbond substituents is 2. The molecule has 0 aliphatic heterocycles. The average molecular weight is 258 g/mol. The molecule has 1 aromatic rings. The number of rotatable bonds is 4. The zero-order valence-corrected chi connectivity index (χ0v) is 10.6. The van der Waals surface area contributed by atoms with Gasteiger partial charge in [0.15, 0.2) is 0 Å². The summed E-state index contributed by atoms with van der Waals surface area (Å²) >= 11 is 5.64. The maximum absolute atomic E-state index is 12.1. The van der Waals surface area contributed by atoms with Crippen LogP contribution in [0.25, 0.3) is 0 Å². The van der Waals surface area contributed by atoms with Gasteiger partial charge in [0.2, 0.25) is 0 Å². The van der Waals surface area contributed by atoms with Crippen LogP contribution < -0.4 is 0 Å². The zero-order chi connectivity index (χ0) is 13.0. The first-order valence-electron chi connectivity index (χ1n) is 5.35. The number of amides is 1. The average Bonchev–Trinajstić information content (AvgIpc) is 2.23. The van der Waals surface area contributed by atoms with Crippen molar-refractivity contribution in [2.24, 2.45) is 0 Å². The summed E-state index contributed by atoms with van der Waals surface area (Å²) in [5.41, 5.74) is 0.251. The van der Waals surface area contributed by atoms with Gasteiger partial charge >= 0.3 is 0 Å². The SMILES string of the molecule is CC(C)N(CCCl)C(=O)c1cc(O)cc(O)c1. The van der Waals surface area contributed by atoms with Gasteiger partial charge in [0.1, 0.15) is 11.5 Å². The van der Waals surface area contributed by atoms with Gasteiger partial charge in [0.05, 0.1) is 0 Å². The third-order valence-electron chi connectivity index (χ3n) is 2.36.